The molecule has 1 unspecified atom stereocenters. The van der Waals surface area contributed by atoms with Gasteiger partial charge in [-0.25, -0.2) is 0 Å². The Labute approximate surface area is 109 Å². The maximum Gasteiger partial charge on any atom is 0.000252 e. The molecule has 104 valence electrons. The Bertz CT molecular complexity index is 166. The quantitative estimate of drug-likeness (QED) is 0.544. The molecule has 0 aromatic rings. The van der Waals surface area contributed by atoms with Crippen molar-refractivity contribution in [1.82, 2.24) is 5.32 Å². The van der Waals surface area contributed by atoms with Crippen LogP contribution in [-0.2, 0) is 0 Å². The lowest BCUT2D eigenvalue weighted by molar-refractivity contribution is 0.300. The summed E-state index contributed by atoms with van der Waals surface area (Å²) in [4.78, 5) is 0. The standard InChI is InChI=1S/C15H34N2/c1-5-6-7-10-15(3,4)13-17-11-8-9-14(2)12-16/h14,17H,5-13,16H2,1-4H3. The molecule has 0 spiro atoms. The van der Waals surface area contributed by atoms with Gasteiger partial charge < -0.3 is 11.1 Å². The van der Waals surface area contributed by atoms with Crippen molar-refractivity contribution in [1.29, 1.82) is 0 Å². The molecule has 0 radical (unpaired) electrons. The number of nitrogens with one attached hydrogen (secondary N) is 1. The minimum absolute atomic E-state index is 0.453. The van der Waals surface area contributed by atoms with Gasteiger partial charge in [-0.2, -0.15) is 0 Å². The van der Waals surface area contributed by atoms with Gasteiger partial charge in [-0.15, -0.1) is 0 Å². The third-order valence-corrected chi connectivity index (χ3v) is 3.51. The lowest BCUT2D eigenvalue weighted by Crippen LogP contribution is -2.30. The van der Waals surface area contributed by atoms with Gasteiger partial charge in [-0.3, -0.25) is 0 Å². The molecule has 0 saturated heterocycles. The molecule has 0 fully saturated rings. The summed E-state index contributed by atoms with van der Waals surface area (Å²) in [7, 11) is 0. The molecule has 0 aliphatic heterocycles. The van der Waals surface area contributed by atoms with Crippen molar-refractivity contribution < 1.29 is 0 Å². The van der Waals surface area contributed by atoms with Gasteiger partial charge in [0, 0.05) is 6.54 Å². The zero-order chi connectivity index (χ0) is 13.1. The lowest BCUT2D eigenvalue weighted by atomic mass is 9.87. The third-order valence-electron chi connectivity index (χ3n) is 3.51. The van der Waals surface area contributed by atoms with E-state index in [-0.39, 0.29) is 0 Å². The number of hydrogen-bond acceptors (Lipinski definition) is 2. The summed E-state index contributed by atoms with van der Waals surface area (Å²) < 4.78 is 0. The second-order valence-electron chi connectivity index (χ2n) is 6.28. The van der Waals surface area contributed by atoms with Crippen molar-refractivity contribution in [2.24, 2.45) is 17.1 Å². The summed E-state index contributed by atoms with van der Waals surface area (Å²) in [6.07, 6.45) is 7.91. The Morgan fingerprint density at radius 2 is 1.88 bits per heavy atom. The van der Waals surface area contributed by atoms with Crippen LogP contribution < -0.4 is 11.1 Å². The largest absolute Gasteiger partial charge is 0.330 e. The van der Waals surface area contributed by atoms with Crippen molar-refractivity contribution in [2.75, 3.05) is 19.6 Å². The van der Waals surface area contributed by atoms with Gasteiger partial charge in [0.25, 0.3) is 0 Å². The molecular weight excluding hydrogens is 208 g/mol. The van der Waals surface area contributed by atoms with Gasteiger partial charge in [0.2, 0.25) is 0 Å². The van der Waals surface area contributed by atoms with Crippen molar-refractivity contribution in [3.8, 4) is 0 Å². The Morgan fingerprint density at radius 3 is 2.47 bits per heavy atom. The molecule has 0 rings (SSSR count). The maximum absolute atomic E-state index is 5.60. The van der Waals surface area contributed by atoms with Crippen LogP contribution in [0.25, 0.3) is 0 Å². The van der Waals surface area contributed by atoms with E-state index in [0.717, 1.165) is 19.6 Å². The van der Waals surface area contributed by atoms with E-state index in [9.17, 15) is 0 Å². The molecule has 17 heavy (non-hydrogen) atoms. The van der Waals surface area contributed by atoms with E-state index in [1.807, 2.05) is 0 Å². The molecule has 3 N–H and O–H groups in total. The minimum Gasteiger partial charge on any atom is -0.330 e. The number of hydrogen-bond donors (Lipinski definition) is 2. The molecule has 0 aromatic heterocycles. The van der Waals surface area contributed by atoms with Crippen LogP contribution in [0.3, 0.4) is 0 Å². The zero-order valence-electron chi connectivity index (χ0n) is 12.5. The highest BCUT2D eigenvalue weighted by molar-refractivity contribution is 4.71. The number of unbranched alkanes of at least 4 members (excludes halogenated alkanes) is 2. The first kappa shape index (κ1) is 16.9. The highest BCUT2D eigenvalue weighted by Gasteiger charge is 2.16. The minimum atomic E-state index is 0.453. The average Bonchev–Trinajstić information content (AvgIpc) is 2.28. The highest BCUT2D eigenvalue weighted by Crippen LogP contribution is 2.22. The smallest absolute Gasteiger partial charge is 0.000252 e. The Kier molecular flexibility index (Phi) is 9.85. The van der Waals surface area contributed by atoms with Gasteiger partial charge in [0.15, 0.2) is 0 Å². The van der Waals surface area contributed by atoms with E-state index >= 15 is 0 Å². The normalized spacial score (nSPS) is 13.9. The molecular formula is C15H34N2. The van der Waals surface area contributed by atoms with Gasteiger partial charge in [0.05, 0.1) is 0 Å². The van der Waals surface area contributed by atoms with Gasteiger partial charge in [-0.1, -0.05) is 47.0 Å². The fourth-order valence-electron chi connectivity index (χ4n) is 2.06. The van der Waals surface area contributed by atoms with Crippen LogP contribution in [0.15, 0.2) is 0 Å². The second kappa shape index (κ2) is 9.90. The highest BCUT2D eigenvalue weighted by atomic mass is 14.9. The van der Waals surface area contributed by atoms with E-state index < -0.39 is 0 Å². The Hall–Kier alpha value is -0.0800. The molecule has 0 heterocycles. The van der Waals surface area contributed by atoms with Gasteiger partial charge in [0.1, 0.15) is 0 Å². The van der Waals surface area contributed by atoms with Crippen LogP contribution >= 0.6 is 0 Å². The molecule has 1 atom stereocenters. The summed E-state index contributed by atoms with van der Waals surface area (Å²) in [6.45, 7) is 12.4. The molecule has 2 heteroatoms. The predicted octanol–water partition coefficient (Wildman–Crippen LogP) is 3.56. The number of rotatable bonds is 11. The monoisotopic (exact) mass is 242 g/mol. The first-order valence-electron chi connectivity index (χ1n) is 7.42. The third kappa shape index (κ3) is 10.8. The van der Waals surface area contributed by atoms with Crippen molar-refractivity contribution in [2.45, 2.75) is 66.2 Å². The van der Waals surface area contributed by atoms with Gasteiger partial charge >= 0.3 is 0 Å². The zero-order valence-corrected chi connectivity index (χ0v) is 12.5. The van der Waals surface area contributed by atoms with Crippen LogP contribution in [0.5, 0.6) is 0 Å². The first-order valence-corrected chi connectivity index (χ1v) is 7.42. The maximum atomic E-state index is 5.60. The summed E-state index contributed by atoms with van der Waals surface area (Å²) in [5.41, 5.74) is 6.06. The number of nitrogens with two attached hydrogens (primary N) is 1. The molecule has 2 nitrogen and oxygen atoms in total. The van der Waals surface area contributed by atoms with Gasteiger partial charge in [-0.05, 0) is 43.7 Å². The van der Waals surface area contributed by atoms with E-state index in [1.165, 1.54) is 38.5 Å². The summed E-state index contributed by atoms with van der Waals surface area (Å²) in [6, 6.07) is 0. The summed E-state index contributed by atoms with van der Waals surface area (Å²) >= 11 is 0. The first-order chi connectivity index (χ1) is 8.02. The van der Waals surface area contributed by atoms with Crippen molar-refractivity contribution in [3.63, 3.8) is 0 Å². The molecule has 0 aliphatic carbocycles. The van der Waals surface area contributed by atoms with Crippen LogP contribution in [0.4, 0.5) is 0 Å². The topological polar surface area (TPSA) is 38.0 Å². The van der Waals surface area contributed by atoms with Crippen LogP contribution in [0.1, 0.15) is 66.2 Å². The van der Waals surface area contributed by atoms with E-state index in [2.05, 4.69) is 33.0 Å². The Balaban J connectivity index is 3.45. The SMILES string of the molecule is CCCCCC(C)(C)CNCCCC(C)CN. The lowest BCUT2D eigenvalue weighted by Gasteiger charge is -2.25. The fraction of sp³-hybridized carbons (Fsp3) is 1.00. The summed E-state index contributed by atoms with van der Waals surface area (Å²) in [5, 5.41) is 3.59. The van der Waals surface area contributed by atoms with Crippen molar-refractivity contribution >= 4 is 0 Å². The summed E-state index contributed by atoms with van der Waals surface area (Å²) in [5.74, 6) is 0.675. The van der Waals surface area contributed by atoms with Crippen LogP contribution in [0.2, 0.25) is 0 Å². The molecule has 0 saturated carbocycles. The second-order valence-corrected chi connectivity index (χ2v) is 6.28. The fourth-order valence-corrected chi connectivity index (χ4v) is 2.06. The van der Waals surface area contributed by atoms with E-state index in [1.54, 1.807) is 0 Å². The van der Waals surface area contributed by atoms with Crippen molar-refractivity contribution in [3.05, 3.63) is 0 Å². The predicted molar refractivity (Wildman–Crippen MR) is 78.2 cm³/mol. The molecule has 0 aliphatic rings. The van der Waals surface area contributed by atoms with E-state index in [0.29, 0.717) is 11.3 Å². The van der Waals surface area contributed by atoms with Crippen LogP contribution in [-0.4, -0.2) is 19.6 Å². The molecule has 0 aromatic carbocycles. The molecule has 0 amide bonds. The average molecular weight is 242 g/mol. The van der Waals surface area contributed by atoms with E-state index in [4.69, 9.17) is 5.73 Å². The molecule has 0 bridgehead atoms. The Morgan fingerprint density at radius 1 is 1.18 bits per heavy atom. The van der Waals surface area contributed by atoms with Crippen LogP contribution in [0, 0.1) is 11.3 Å².